The van der Waals surface area contributed by atoms with Gasteiger partial charge in [-0.2, -0.15) is 0 Å². The molecule has 2 heteroatoms. The lowest BCUT2D eigenvalue weighted by atomic mass is 10.1. The molecule has 1 heterocycles. The van der Waals surface area contributed by atoms with Gasteiger partial charge in [0.1, 0.15) is 0 Å². The summed E-state index contributed by atoms with van der Waals surface area (Å²) in [6, 6.07) is 0.799. The number of hydrogen-bond donors (Lipinski definition) is 1. The highest BCUT2D eigenvalue weighted by molar-refractivity contribution is 4.76. The van der Waals surface area contributed by atoms with Gasteiger partial charge in [0.15, 0.2) is 0 Å². The highest BCUT2D eigenvalue weighted by atomic mass is 15.2. The second kappa shape index (κ2) is 6.39. The first kappa shape index (κ1) is 11.0. The quantitative estimate of drug-likeness (QED) is 0.717. The smallest absolute Gasteiger partial charge is 0.0220 e. The first-order valence-corrected chi connectivity index (χ1v) is 5.83. The first-order chi connectivity index (χ1) is 6.38. The molecular weight excluding hydrogens is 160 g/mol. The van der Waals surface area contributed by atoms with E-state index < -0.39 is 0 Å². The molecule has 1 aliphatic rings. The molecule has 1 atom stereocenters. The Morgan fingerprint density at radius 1 is 1.23 bits per heavy atom. The Labute approximate surface area is 82.7 Å². The normalized spacial score (nSPS) is 25.8. The molecule has 1 aliphatic heterocycles. The molecule has 0 aromatic rings. The molecule has 0 bridgehead atoms. The molecular formula is C11H24N2. The van der Waals surface area contributed by atoms with Crippen LogP contribution in [0.4, 0.5) is 0 Å². The fourth-order valence-corrected chi connectivity index (χ4v) is 2.20. The molecule has 0 amide bonds. The Balaban J connectivity index is 2.34. The molecule has 0 aliphatic carbocycles. The highest BCUT2D eigenvalue weighted by Crippen LogP contribution is 2.15. The molecule has 1 unspecified atom stereocenters. The van der Waals surface area contributed by atoms with Crippen LogP contribution in [0.15, 0.2) is 0 Å². The second-order valence-electron chi connectivity index (χ2n) is 3.94. The molecule has 0 aromatic heterocycles. The van der Waals surface area contributed by atoms with Crippen LogP contribution in [0.2, 0.25) is 0 Å². The average Bonchev–Trinajstić information content (AvgIpc) is 2.39. The fourth-order valence-electron chi connectivity index (χ4n) is 2.20. The van der Waals surface area contributed by atoms with Crippen molar-refractivity contribution in [2.75, 3.05) is 26.2 Å². The van der Waals surface area contributed by atoms with Crippen LogP contribution in [0.1, 0.15) is 39.5 Å². The molecule has 13 heavy (non-hydrogen) atoms. The predicted molar refractivity (Wildman–Crippen MR) is 58.0 cm³/mol. The van der Waals surface area contributed by atoms with Gasteiger partial charge in [-0.05, 0) is 32.5 Å². The largest absolute Gasteiger partial charge is 0.315 e. The average molecular weight is 184 g/mol. The van der Waals surface area contributed by atoms with Gasteiger partial charge in [0.05, 0.1) is 0 Å². The van der Waals surface area contributed by atoms with E-state index in [2.05, 4.69) is 24.1 Å². The maximum absolute atomic E-state index is 3.47. The minimum atomic E-state index is 0.799. The van der Waals surface area contributed by atoms with Gasteiger partial charge in [-0.15, -0.1) is 0 Å². The summed E-state index contributed by atoms with van der Waals surface area (Å²) in [6.07, 6.45) is 5.64. The van der Waals surface area contributed by atoms with Crippen LogP contribution in [0, 0.1) is 0 Å². The third-order valence-electron chi connectivity index (χ3n) is 3.04. The summed E-state index contributed by atoms with van der Waals surface area (Å²) in [5.41, 5.74) is 0. The number of likely N-dealkylation sites (tertiary alicyclic amines) is 1. The Kier molecular flexibility index (Phi) is 5.40. The molecule has 0 radical (unpaired) electrons. The minimum Gasteiger partial charge on any atom is -0.315 e. The SMILES string of the molecule is CCNCC1CCCCCN1CC. The van der Waals surface area contributed by atoms with E-state index in [4.69, 9.17) is 0 Å². The summed E-state index contributed by atoms with van der Waals surface area (Å²) in [6.45, 7) is 9.29. The standard InChI is InChI=1S/C11H24N2/c1-3-12-10-11-8-6-5-7-9-13(11)4-2/h11-12H,3-10H2,1-2H3. The zero-order chi connectivity index (χ0) is 9.52. The molecule has 0 spiro atoms. The van der Waals surface area contributed by atoms with E-state index in [1.54, 1.807) is 0 Å². The lowest BCUT2D eigenvalue weighted by molar-refractivity contribution is 0.206. The molecule has 1 N–H and O–H groups in total. The molecule has 1 fully saturated rings. The fraction of sp³-hybridized carbons (Fsp3) is 1.00. The summed E-state index contributed by atoms with van der Waals surface area (Å²) >= 11 is 0. The van der Waals surface area contributed by atoms with Crippen molar-refractivity contribution in [2.45, 2.75) is 45.6 Å². The third kappa shape index (κ3) is 3.65. The summed E-state index contributed by atoms with van der Waals surface area (Å²) in [4.78, 5) is 2.63. The third-order valence-corrected chi connectivity index (χ3v) is 3.04. The van der Waals surface area contributed by atoms with E-state index >= 15 is 0 Å². The number of rotatable bonds is 4. The van der Waals surface area contributed by atoms with Crippen molar-refractivity contribution in [3.05, 3.63) is 0 Å². The van der Waals surface area contributed by atoms with Crippen LogP contribution < -0.4 is 5.32 Å². The zero-order valence-electron chi connectivity index (χ0n) is 9.18. The van der Waals surface area contributed by atoms with Crippen molar-refractivity contribution in [1.29, 1.82) is 0 Å². The molecule has 0 aromatic carbocycles. The predicted octanol–water partition coefficient (Wildman–Crippen LogP) is 1.86. The van der Waals surface area contributed by atoms with Gasteiger partial charge in [0, 0.05) is 12.6 Å². The maximum Gasteiger partial charge on any atom is 0.0220 e. The molecule has 1 rings (SSSR count). The van der Waals surface area contributed by atoms with Gasteiger partial charge in [0.2, 0.25) is 0 Å². The monoisotopic (exact) mass is 184 g/mol. The van der Waals surface area contributed by atoms with E-state index in [0.29, 0.717) is 0 Å². The highest BCUT2D eigenvalue weighted by Gasteiger charge is 2.18. The maximum atomic E-state index is 3.47. The van der Waals surface area contributed by atoms with Crippen LogP contribution in [-0.4, -0.2) is 37.1 Å². The van der Waals surface area contributed by atoms with Gasteiger partial charge in [-0.1, -0.05) is 26.7 Å². The number of nitrogens with one attached hydrogen (secondary N) is 1. The van der Waals surface area contributed by atoms with E-state index in [-0.39, 0.29) is 0 Å². The van der Waals surface area contributed by atoms with E-state index in [1.165, 1.54) is 45.3 Å². The van der Waals surface area contributed by atoms with Gasteiger partial charge in [-0.25, -0.2) is 0 Å². The van der Waals surface area contributed by atoms with Crippen molar-refractivity contribution in [1.82, 2.24) is 10.2 Å². The van der Waals surface area contributed by atoms with E-state index in [9.17, 15) is 0 Å². The molecule has 2 nitrogen and oxygen atoms in total. The first-order valence-electron chi connectivity index (χ1n) is 5.83. The van der Waals surface area contributed by atoms with Gasteiger partial charge < -0.3 is 5.32 Å². The van der Waals surface area contributed by atoms with Crippen molar-refractivity contribution in [3.63, 3.8) is 0 Å². The lowest BCUT2D eigenvalue weighted by Crippen LogP contribution is -2.41. The van der Waals surface area contributed by atoms with E-state index in [1.807, 2.05) is 0 Å². The van der Waals surface area contributed by atoms with Crippen LogP contribution in [0.3, 0.4) is 0 Å². The van der Waals surface area contributed by atoms with Crippen LogP contribution in [0.5, 0.6) is 0 Å². The Morgan fingerprint density at radius 2 is 2.08 bits per heavy atom. The molecule has 1 saturated heterocycles. The van der Waals surface area contributed by atoms with Gasteiger partial charge in [-0.3, -0.25) is 4.90 Å². The Morgan fingerprint density at radius 3 is 2.77 bits per heavy atom. The lowest BCUT2D eigenvalue weighted by Gasteiger charge is -2.28. The number of likely N-dealkylation sites (N-methyl/N-ethyl adjacent to an activating group) is 2. The van der Waals surface area contributed by atoms with Crippen LogP contribution in [-0.2, 0) is 0 Å². The summed E-state index contributed by atoms with van der Waals surface area (Å²) < 4.78 is 0. The Hall–Kier alpha value is -0.0800. The second-order valence-corrected chi connectivity index (χ2v) is 3.94. The minimum absolute atomic E-state index is 0.799. The van der Waals surface area contributed by atoms with Gasteiger partial charge >= 0.3 is 0 Å². The topological polar surface area (TPSA) is 15.3 Å². The summed E-state index contributed by atoms with van der Waals surface area (Å²) in [5, 5.41) is 3.47. The van der Waals surface area contributed by atoms with Crippen LogP contribution in [0.25, 0.3) is 0 Å². The number of hydrogen-bond acceptors (Lipinski definition) is 2. The summed E-state index contributed by atoms with van der Waals surface area (Å²) in [5.74, 6) is 0. The van der Waals surface area contributed by atoms with Crippen molar-refractivity contribution in [3.8, 4) is 0 Å². The van der Waals surface area contributed by atoms with Crippen molar-refractivity contribution >= 4 is 0 Å². The van der Waals surface area contributed by atoms with Crippen molar-refractivity contribution in [2.24, 2.45) is 0 Å². The van der Waals surface area contributed by atoms with Gasteiger partial charge in [0.25, 0.3) is 0 Å². The number of nitrogens with zero attached hydrogens (tertiary/aromatic N) is 1. The van der Waals surface area contributed by atoms with E-state index in [0.717, 1.165) is 12.6 Å². The molecule has 78 valence electrons. The summed E-state index contributed by atoms with van der Waals surface area (Å²) in [7, 11) is 0. The molecule has 0 saturated carbocycles. The van der Waals surface area contributed by atoms with Crippen LogP contribution >= 0.6 is 0 Å². The van der Waals surface area contributed by atoms with Crippen molar-refractivity contribution < 1.29 is 0 Å². The zero-order valence-corrected chi connectivity index (χ0v) is 9.18. The Bertz CT molecular complexity index is 125.